The molecule has 2 aliphatic rings. The first-order valence-corrected chi connectivity index (χ1v) is 10.3. The second kappa shape index (κ2) is 8.69. The van der Waals surface area contributed by atoms with Crippen LogP contribution in [0.4, 0.5) is 0 Å². The second-order valence-corrected chi connectivity index (χ2v) is 7.77. The largest absolute Gasteiger partial charge is 0.337 e. The van der Waals surface area contributed by atoms with E-state index in [2.05, 4.69) is 27.0 Å². The molecule has 0 saturated carbocycles. The number of likely N-dealkylation sites (tertiary alicyclic amines) is 1. The van der Waals surface area contributed by atoms with E-state index in [0.29, 0.717) is 38.4 Å². The lowest BCUT2D eigenvalue weighted by atomic mass is 10.0. The number of hydrogen-bond donors (Lipinski definition) is 0. The van der Waals surface area contributed by atoms with Gasteiger partial charge in [-0.15, -0.1) is 0 Å². The van der Waals surface area contributed by atoms with E-state index in [1.807, 2.05) is 34.9 Å². The molecular formula is C22H27N5O2. The molecule has 0 aliphatic carbocycles. The number of piperazine rings is 1. The minimum absolute atomic E-state index is 0.0797. The summed E-state index contributed by atoms with van der Waals surface area (Å²) in [6.45, 7) is 5.97. The van der Waals surface area contributed by atoms with Crippen molar-refractivity contribution in [1.82, 2.24) is 24.7 Å². The molecule has 0 unspecified atom stereocenters. The summed E-state index contributed by atoms with van der Waals surface area (Å²) in [6.07, 6.45) is 5.06. The molecule has 2 fully saturated rings. The Bertz CT molecular complexity index is 847. The summed E-state index contributed by atoms with van der Waals surface area (Å²) in [5.41, 5.74) is 2.34. The van der Waals surface area contributed by atoms with E-state index in [0.717, 1.165) is 30.6 Å². The minimum atomic E-state index is -0.0853. The molecule has 2 saturated heterocycles. The Morgan fingerprint density at radius 2 is 1.79 bits per heavy atom. The van der Waals surface area contributed by atoms with Gasteiger partial charge in [0.25, 0.3) is 5.91 Å². The predicted molar refractivity (Wildman–Crippen MR) is 109 cm³/mol. The molecule has 152 valence electrons. The van der Waals surface area contributed by atoms with Gasteiger partial charge in [0.1, 0.15) is 5.69 Å². The Balaban J connectivity index is 1.34. The summed E-state index contributed by atoms with van der Waals surface area (Å²) in [5.74, 6) is 0.127. The van der Waals surface area contributed by atoms with Crippen molar-refractivity contribution in [2.75, 3.05) is 32.7 Å². The molecule has 0 N–H and O–H groups in total. The van der Waals surface area contributed by atoms with Gasteiger partial charge in [0.05, 0.1) is 17.9 Å². The molecule has 7 heteroatoms. The average Bonchev–Trinajstić information content (AvgIpc) is 2.76. The van der Waals surface area contributed by atoms with Gasteiger partial charge in [-0.25, -0.2) is 4.98 Å². The molecular weight excluding hydrogens is 366 g/mol. The van der Waals surface area contributed by atoms with Crippen molar-refractivity contribution in [3.8, 4) is 0 Å². The van der Waals surface area contributed by atoms with E-state index >= 15 is 0 Å². The topological polar surface area (TPSA) is 69.6 Å². The van der Waals surface area contributed by atoms with Crippen LogP contribution in [-0.2, 0) is 11.3 Å². The van der Waals surface area contributed by atoms with Crippen LogP contribution in [0.1, 0.15) is 34.6 Å². The first-order valence-electron chi connectivity index (χ1n) is 10.3. The van der Waals surface area contributed by atoms with Gasteiger partial charge in [0, 0.05) is 45.5 Å². The lowest BCUT2D eigenvalue weighted by molar-refractivity contribution is -0.141. The zero-order chi connectivity index (χ0) is 20.2. The van der Waals surface area contributed by atoms with Gasteiger partial charge in [0.2, 0.25) is 5.91 Å². The number of aryl methyl sites for hydroxylation is 1. The number of carbonyl (C=O) groups excluding carboxylic acids is 2. The number of aromatic nitrogens is 2. The average molecular weight is 393 g/mol. The monoisotopic (exact) mass is 393 g/mol. The van der Waals surface area contributed by atoms with Crippen molar-refractivity contribution in [1.29, 1.82) is 0 Å². The highest BCUT2D eigenvalue weighted by atomic mass is 16.2. The summed E-state index contributed by atoms with van der Waals surface area (Å²) >= 11 is 0. The van der Waals surface area contributed by atoms with Crippen LogP contribution in [0.3, 0.4) is 0 Å². The highest BCUT2D eigenvalue weighted by Crippen LogP contribution is 2.21. The third kappa shape index (κ3) is 4.45. The fourth-order valence-corrected chi connectivity index (χ4v) is 4.12. The van der Waals surface area contributed by atoms with Gasteiger partial charge >= 0.3 is 0 Å². The van der Waals surface area contributed by atoms with Crippen LogP contribution in [0.2, 0.25) is 0 Å². The van der Waals surface area contributed by atoms with Crippen LogP contribution in [0.5, 0.6) is 0 Å². The van der Waals surface area contributed by atoms with Crippen LogP contribution in [-0.4, -0.2) is 75.2 Å². The van der Waals surface area contributed by atoms with E-state index < -0.39 is 0 Å². The number of piperidine rings is 1. The second-order valence-electron chi connectivity index (χ2n) is 7.77. The van der Waals surface area contributed by atoms with Gasteiger partial charge in [-0.3, -0.25) is 19.5 Å². The first-order chi connectivity index (χ1) is 14.1. The molecule has 1 aromatic carbocycles. The number of benzene rings is 1. The van der Waals surface area contributed by atoms with Crippen LogP contribution in [0.15, 0.2) is 42.7 Å². The van der Waals surface area contributed by atoms with Crippen LogP contribution >= 0.6 is 0 Å². The molecule has 1 atom stereocenters. The van der Waals surface area contributed by atoms with Gasteiger partial charge in [-0.1, -0.05) is 30.3 Å². The minimum Gasteiger partial charge on any atom is -0.337 e. The predicted octanol–water partition coefficient (Wildman–Crippen LogP) is 1.73. The van der Waals surface area contributed by atoms with Gasteiger partial charge < -0.3 is 9.80 Å². The van der Waals surface area contributed by atoms with Gasteiger partial charge in [0.15, 0.2) is 0 Å². The maximum absolute atomic E-state index is 13.1. The van der Waals surface area contributed by atoms with E-state index in [1.165, 1.54) is 6.20 Å². The van der Waals surface area contributed by atoms with Gasteiger partial charge in [-0.05, 0) is 25.3 Å². The summed E-state index contributed by atoms with van der Waals surface area (Å²) in [7, 11) is 0. The molecule has 4 rings (SSSR count). The highest BCUT2D eigenvalue weighted by molar-refractivity contribution is 5.92. The van der Waals surface area contributed by atoms with Crippen molar-refractivity contribution in [3.05, 3.63) is 59.7 Å². The number of amides is 2. The van der Waals surface area contributed by atoms with Crippen molar-refractivity contribution < 1.29 is 9.59 Å². The molecule has 2 aromatic rings. The number of nitrogens with zero attached hydrogens (tertiary/aromatic N) is 5. The third-order valence-corrected chi connectivity index (χ3v) is 5.76. The Morgan fingerprint density at radius 3 is 2.48 bits per heavy atom. The summed E-state index contributed by atoms with van der Waals surface area (Å²) < 4.78 is 0. The first kappa shape index (κ1) is 19.5. The molecule has 29 heavy (non-hydrogen) atoms. The summed E-state index contributed by atoms with van der Waals surface area (Å²) in [4.78, 5) is 40.1. The Morgan fingerprint density at radius 1 is 1.03 bits per heavy atom. The normalized spacial score (nSPS) is 20.7. The standard InChI is InChI=1S/C22H27N5O2/c1-17-14-24-19(15-23-17)21(28)26-12-10-25(11-13-26)20-8-5-9-27(22(20)29)16-18-6-3-2-4-7-18/h2-4,6-7,14-15,20H,5,8-13,16H2,1H3/t20-/m0/s1. The summed E-state index contributed by atoms with van der Waals surface area (Å²) in [6, 6.07) is 10.1. The smallest absolute Gasteiger partial charge is 0.274 e. The zero-order valence-electron chi connectivity index (χ0n) is 16.8. The quantitative estimate of drug-likeness (QED) is 0.791. The molecule has 1 aromatic heterocycles. The SMILES string of the molecule is Cc1cnc(C(=O)N2CCN([C@H]3CCCN(Cc4ccccc4)C3=O)CC2)cn1. The summed E-state index contributed by atoms with van der Waals surface area (Å²) in [5, 5.41) is 0. The van der Waals surface area contributed by atoms with Crippen molar-refractivity contribution in [2.24, 2.45) is 0 Å². The molecule has 7 nitrogen and oxygen atoms in total. The van der Waals surface area contributed by atoms with E-state index in [1.54, 1.807) is 6.20 Å². The highest BCUT2D eigenvalue weighted by Gasteiger charge is 2.35. The Hall–Kier alpha value is -2.80. The number of hydrogen-bond acceptors (Lipinski definition) is 5. The number of rotatable bonds is 4. The Kier molecular flexibility index (Phi) is 5.85. The fourth-order valence-electron chi connectivity index (χ4n) is 4.12. The van der Waals surface area contributed by atoms with E-state index in [9.17, 15) is 9.59 Å². The van der Waals surface area contributed by atoms with E-state index in [4.69, 9.17) is 0 Å². The van der Waals surface area contributed by atoms with Crippen molar-refractivity contribution in [2.45, 2.75) is 32.4 Å². The van der Waals surface area contributed by atoms with Crippen LogP contribution in [0.25, 0.3) is 0 Å². The Labute approximate surface area is 171 Å². The zero-order valence-corrected chi connectivity index (χ0v) is 16.8. The third-order valence-electron chi connectivity index (χ3n) is 5.76. The lowest BCUT2D eigenvalue weighted by Crippen LogP contribution is -2.58. The van der Waals surface area contributed by atoms with Crippen LogP contribution < -0.4 is 0 Å². The van der Waals surface area contributed by atoms with Gasteiger partial charge in [-0.2, -0.15) is 0 Å². The van der Waals surface area contributed by atoms with E-state index in [-0.39, 0.29) is 17.9 Å². The fraction of sp³-hybridized carbons (Fsp3) is 0.455. The number of carbonyl (C=O) groups is 2. The molecule has 0 spiro atoms. The van der Waals surface area contributed by atoms with Crippen molar-refractivity contribution in [3.63, 3.8) is 0 Å². The molecule has 2 aliphatic heterocycles. The van der Waals surface area contributed by atoms with Crippen LogP contribution in [0, 0.1) is 6.92 Å². The molecule has 2 amide bonds. The molecule has 0 bridgehead atoms. The molecule has 0 radical (unpaired) electrons. The maximum atomic E-state index is 13.1. The molecule has 3 heterocycles. The maximum Gasteiger partial charge on any atom is 0.274 e. The van der Waals surface area contributed by atoms with Crippen molar-refractivity contribution >= 4 is 11.8 Å². The lowest BCUT2D eigenvalue weighted by Gasteiger charge is -2.42.